The van der Waals surface area contributed by atoms with Gasteiger partial charge in [-0.15, -0.1) is 11.3 Å². The summed E-state index contributed by atoms with van der Waals surface area (Å²) in [7, 11) is 1.52. The van der Waals surface area contributed by atoms with Crippen LogP contribution < -0.4 is 10.2 Å². The molecule has 156 valence electrons. The number of hydrogen-bond acceptors (Lipinski definition) is 5. The van der Waals surface area contributed by atoms with Gasteiger partial charge in [-0.25, -0.2) is 14.4 Å². The predicted molar refractivity (Wildman–Crippen MR) is 111 cm³/mol. The zero-order valence-electron chi connectivity index (χ0n) is 16.7. The molecule has 0 spiro atoms. The van der Waals surface area contributed by atoms with Gasteiger partial charge < -0.3 is 10.2 Å². The number of halogens is 2. The second-order valence-electron chi connectivity index (χ2n) is 6.57. The first-order chi connectivity index (χ1) is 14.3. The van der Waals surface area contributed by atoms with E-state index in [-0.39, 0.29) is 30.3 Å². The fourth-order valence-corrected chi connectivity index (χ4v) is 3.60. The molecular formula is C21H20F2N4O2S. The lowest BCUT2D eigenvalue weighted by molar-refractivity contribution is -0.118. The number of thiazole rings is 1. The molecule has 3 rings (SSSR count). The molecule has 0 saturated heterocycles. The predicted octanol–water partition coefficient (Wildman–Crippen LogP) is 4.09. The van der Waals surface area contributed by atoms with Crippen LogP contribution in [0, 0.1) is 18.7 Å². The summed E-state index contributed by atoms with van der Waals surface area (Å²) in [5.74, 6) is -1.71. The minimum Gasteiger partial charge on any atom is -0.347 e. The number of pyridine rings is 1. The maximum atomic E-state index is 14.5. The van der Waals surface area contributed by atoms with E-state index >= 15 is 0 Å². The Balaban J connectivity index is 1.71. The summed E-state index contributed by atoms with van der Waals surface area (Å²) < 4.78 is 27.6. The lowest BCUT2D eigenvalue weighted by Crippen LogP contribution is -2.26. The highest BCUT2D eigenvalue weighted by Crippen LogP contribution is 2.28. The molecule has 3 aromatic rings. The molecule has 0 aliphatic carbocycles. The number of rotatable bonds is 6. The standard InChI is InChI=1S/C21H20F2N4O2S/c1-4-19(28)27(3)17-7-5-13(9-15(17)22)21-26-16(11-30-21)20(29)24-10-14-6-8-18(23)25-12(14)2/h5-9,11H,4,10H2,1-3H3,(H,24,29). The molecule has 2 amide bonds. The van der Waals surface area contributed by atoms with E-state index in [4.69, 9.17) is 0 Å². The minimum absolute atomic E-state index is 0.184. The van der Waals surface area contributed by atoms with Gasteiger partial charge >= 0.3 is 0 Å². The quantitative estimate of drug-likeness (QED) is 0.598. The van der Waals surface area contributed by atoms with Crippen molar-refractivity contribution in [2.24, 2.45) is 0 Å². The largest absolute Gasteiger partial charge is 0.347 e. The fourth-order valence-electron chi connectivity index (χ4n) is 2.81. The molecule has 0 saturated carbocycles. The summed E-state index contributed by atoms with van der Waals surface area (Å²) >= 11 is 1.21. The summed E-state index contributed by atoms with van der Waals surface area (Å²) in [4.78, 5) is 33.4. The van der Waals surface area contributed by atoms with Crippen LogP contribution in [0.3, 0.4) is 0 Å². The molecule has 2 aromatic heterocycles. The summed E-state index contributed by atoms with van der Waals surface area (Å²) in [6.07, 6.45) is 0.274. The molecule has 9 heteroatoms. The lowest BCUT2D eigenvalue weighted by atomic mass is 10.2. The van der Waals surface area contributed by atoms with Crippen LogP contribution in [0.5, 0.6) is 0 Å². The smallest absolute Gasteiger partial charge is 0.271 e. The second kappa shape index (κ2) is 9.08. The zero-order valence-corrected chi connectivity index (χ0v) is 17.5. The van der Waals surface area contributed by atoms with Crippen molar-refractivity contribution in [2.45, 2.75) is 26.8 Å². The first-order valence-electron chi connectivity index (χ1n) is 9.22. The number of nitrogens with zero attached hydrogens (tertiary/aromatic N) is 3. The van der Waals surface area contributed by atoms with Gasteiger partial charge in [0.05, 0.1) is 5.69 Å². The number of aryl methyl sites for hydroxylation is 1. The second-order valence-corrected chi connectivity index (χ2v) is 7.43. The van der Waals surface area contributed by atoms with Crippen molar-refractivity contribution in [3.05, 3.63) is 64.4 Å². The van der Waals surface area contributed by atoms with Gasteiger partial charge in [0.2, 0.25) is 11.9 Å². The van der Waals surface area contributed by atoms with E-state index < -0.39 is 17.7 Å². The number of carbonyl (C=O) groups is 2. The molecule has 0 aliphatic heterocycles. The molecule has 0 bridgehead atoms. The molecule has 2 heterocycles. The third-order valence-electron chi connectivity index (χ3n) is 4.57. The molecule has 30 heavy (non-hydrogen) atoms. The van der Waals surface area contributed by atoms with E-state index in [9.17, 15) is 18.4 Å². The Labute approximate surface area is 176 Å². The van der Waals surface area contributed by atoms with E-state index in [2.05, 4.69) is 15.3 Å². The summed E-state index contributed by atoms with van der Waals surface area (Å²) in [5.41, 5.74) is 2.09. The van der Waals surface area contributed by atoms with E-state index in [1.54, 1.807) is 31.4 Å². The maximum absolute atomic E-state index is 14.5. The van der Waals surface area contributed by atoms with Crippen LogP contribution >= 0.6 is 11.3 Å². The van der Waals surface area contributed by atoms with Crippen LogP contribution in [0.1, 0.15) is 35.1 Å². The van der Waals surface area contributed by atoms with Crippen molar-refractivity contribution in [3.8, 4) is 10.6 Å². The molecule has 0 aliphatic rings. The molecule has 0 unspecified atom stereocenters. The van der Waals surface area contributed by atoms with Crippen molar-refractivity contribution in [1.29, 1.82) is 0 Å². The normalized spacial score (nSPS) is 10.7. The van der Waals surface area contributed by atoms with Gasteiger partial charge in [0.15, 0.2) is 0 Å². The number of benzene rings is 1. The van der Waals surface area contributed by atoms with Gasteiger partial charge in [0, 0.05) is 36.7 Å². The number of nitrogens with one attached hydrogen (secondary N) is 1. The zero-order chi connectivity index (χ0) is 21.8. The highest BCUT2D eigenvalue weighted by Gasteiger charge is 2.17. The van der Waals surface area contributed by atoms with E-state index in [0.717, 1.165) is 0 Å². The summed E-state index contributed by atoms with van der Waals surface area (Å²) in [6.45, 7) is 3.56. The average molecular weight is 430 g/mol. The maximum Gasteiger partial charge on any atom is 0.271 e. The van der Waals surface area contributed by atoms with Crippen LogP contribution in [-0.4, -0.2) is 28.8 Å². The van der Waals surface area contributed by atoms with Crippen molar-refractivity contribution in [1.82, 2.24) is 15.3 Å². The summed E-state index contributed by atoms with van der Waals surface area (Å²) in [6, 6.07) is 7.27. The lowest BCUT2D eigenvalue weighted by Gasteiger charge is -2.17. The van der Waals surface area contributed by atoms with Gasteiger partial charge in [-0.2, -0.15) is 4.39 Å². The van der Waals surface area contributed by atoms with Crippen LogP contribution in [0.15, 0.2) is 35.7 Å². The Hall–Kier alpha value is -3.20. The third kappa shape index (κ3) is 4.68. The fraction of sp³-hybridized carbons (Fsp3) is 0.238. The van der Waals surface area contributed by atoms with Crippen LogP contribution in [0.25, 0.3) is 10.6 Å². The average Bonchev–Trinajstić information content (AvgIpc) is 3.22. The number of carbonyl (C=O) groups excluding carboxylic acids is 2. The molecular weight excluding hydrogens is 410 g/mol. The molecule has 6 nitrogen and oxygen atoms in total. The van der Waals surface area contributed by atoms with Crippen molar-refractivity contribution >= 4 is 28.8 Å². The Kier molecular flexibility index (Phi) is 6.51. The highest BCUT2D eigenvalue weighted by atomic mass is 32.1. The van der Waals surface area contributed by atoms with Gasteiger partial charge in [0.1, 0.15) is 16.5 Å². The SMILES string of the molecule is CCC(=O)N(C)c1ccc(-c2nc(C(=O)NCc3ccc(F)nc3C)cs2)cc1F. The van der Waals surface area contributed by atoms with Crippen LogP contribution in [0.2, 0.25) is 0 Å². The monoisotopic (exact) mass is 430 g/mol. The first-order valence-corrected chi connectivity index (χ1v) is 10.1. The topological polar surface area (TPSA) is 75.2 Å². The number of anilines is 1. The minimum atomic E-state index is -0.574. The van der Waals surface area contributed by atoms with Crippen molar-refractivity contribution in [2.75, 3.05) is 11.9 Å². The summed E-state index contributed by atoms with van der Waals surface area (Å²) in [5, 5.41) is 4.78. The van der Waals surface area contributed by atoms with Gasteiger partial charge in [-0.1, -0.05) is 13.0 Å². The molecule has 1 aromatic carbocycles. The number of amides is 2. The Morgan fingerprint density at radius 2 is 1.93 bits per heavy atom. The van der Waals surface area contributed by atoms with Crippen LogP contribution in [0.4, 0.5) is 14.5 Å². The van der Waals surface area contributed by atoms with E-state index in [1.165, 1.54) is 41.5 Å². The van der Waals surface area contributed by atoms with E-state index in [1.807, 2.05) is 0 Å². The molecule has 0 radical (unpaired) electrons. The van der Waals surface area contributed by atoms with Crippen LogP contribution in [-0.2, 0) is 11.3 Å². The molecule has 0 atom stereocenters. The Bertz CT molecular complexity index is 1100. The van der Waals surface area contributed by atoms with Crippen molar-refractivity contribution < 1.29 is 18.4 Å². The number of hydrogen-bond donors (Lipinski definition) is 1. The number of aromatic nitrogens is 2. The molecule has 0 fully saturated rings. The molecule has 1 N–H and O–H groups in total. The highest BCUT2D eigenvalue weighted by molar-refractivity contribution is 7.13. The van der Waals surface area contributed by atoms with Gasteiger partial charge in [-0.05, 0) is 36.8 Å². The van der Waals surface area contributed by atoms with Crippen molar-refractivity contribution in [3.63, 3.8) is 0 Å². The third-order valence-corrected chi connectivity index (χ3v) is 5.46. The van der Waals surface area contributed by atoms with Gasteiger partial charge in [0.25, 0.3) is 5.91 Å². The first kappa shape index (κ1) is 21.5. The Morgan fingerprint density at radius 1 is 1.17 bits per heavy atom. The van der Waals surface area contributed by atoms with Gasteiger partial charge in [-0.3, -0.25) is 9.59 Å². The Morgan fingerprint density at radius 3 is 2.60 bits per heavy atom. The van der Waals surface area contributed by atoms with E-state index in [0.29, 0.717) is 21.8 Å².